The van der Waals surface area contributed by atoms with Crippen molar-refractivity contribution in [2.75, 3.05) is 6.61 Å². The fraction of sp³-hybridized carbons (Fsp3) is 0.778. The zero-order chi connectivity index (χ0) is 15.2. The van der Waals surface area contributed by atoms with Crippen LogP contribution in [0, 0.1) is 11.3 Å². The first-order valence-electron chi connectivity index (χ1n) is 8.80. The molecule has 1 aromatic rings. The molecule has 1 saturated heterocycles. The van der Waals surface area contributed by atoms with Crippen LogP contribution in [0.25, 0.3) is 0 Å². The predicted molar refractivity (Wildman–Crippen MR) is 89.0 cm³/mol. The van der Waals surface area contributed by atoms with Gasteiger partial charge in [-0.25, -0.2) is 0 Å². The second-order valence-corrected chi connectivity index (χ2v) is 8.48. The zero-order valence-corrected chi connectivity index (χ0v) is 14.1. The summed E-state index contributed by atoms with van der Waals surface area (Å²) >= 11 is 1.65. The van der Waals surface area contributed by atoms with Crippen LogP contribution in [0.2, 0.25) is 0 Å². The molecule has 3 aliphatic rings. The van der Waals surface area contributed by atoms with Crippen molar-refractivity contribution in [1.82, 2.24) is 5.32 Å². The zero-order valence-electron chi connectivity index (χ0n) is 13.3. The van der Waals surface area contributed by atoms with Crippen LogP contribution in [-0.2, 0) is 4.74 Å². The highest BCUT2D eigenvalue weighted by molar-refractivity contribution is 7.10. The van der Waals surface area contributed by atoms with Gasteiger partial charge in [0, 0.05) is 34.9 Å². The lowest BCUT2D eigenvalue weighted by atomic mass is 9.54. The van der Waals surface area contributed by atoms with Crippen molar-refractivity contribution >= 4 is 11.3 Å². The molecule has 0 amide bonds. The van der Waals surface area contributed by atoms with Gasteiger partial charge in [0.05, 0.1) is 12.2 Å². The summed E-state index contributed by atoms with van der Waals surface area (Å²) in [4.78, 5) is 1.08. The number of hydrogen-bond acceptors (Lipinski definition) is 4. The summed E-state index contributed by atoms with van der Waals surface area (Å²) in [5.41, 5.74) is 0.406. The summed E-state index contributed by atoms with van der Waals surface area (Å²) in [6.07, 6.45) is 7.56. The molecule has 5 unspecified atom stereocenters. The molecule has 0 aromatic carbocycles. The van der Waals surface area contributed by atoms with Gasteiger partial charge in [-0.3, -0.25) is 0 Å². The monoisotopic (exact) mass is 321 g/mol. The van der Waals surface area contributed by atoms with E-state index in [1.807, 2.05) is 17.5 Å². The highest BCUT2D eigenvalue weighted by Crippen LogP contribution is 2.60. The van der Waals surface area contributed by atoms with Crippen LogP contribution in [-0.4, -0.2) is 29.9 Å². The summed E-state index contributed by atoms with van der Waals surface area (Å²) in [5, 5.41) is 16.3. The first kappa shape index (κ1) is 15.1. The molecular formula is C18H27NO2S. The lowest BCUT2D eigenvalue weighted by molar-refractivity contribution is -0.133. The van der Waals surface area contributed by atoms with E-state index in [4.69, 9.17) is 4.74 Å². The van der Waals surface area contributed by atoms with E-state index in [1.54, 1.807) is 11.3 Å². The van der Waals surface area contributed by atoms with Gasteiger partial charge >= 0.3 is 0 Å². The molecule has 2 saturated carbocycles. The minimum Gasteiger partial charge on any atom is -0.388 e. The Morgan fingerprint density at radius 1 is 1.45 bits per heavy atom. The maximum Gasteiger partial charge on any atom is 0.0896 e. The van der Waals surface area contributed by atoms with Crippen LogP contribution >= 0.6 is 11.3 Å². The normalized spacial score (nSPS) is 35.3. The molecule has 1 aliphatic heterocycles. The Morgan fingerprint density at radius 3 is 3.00 bits per heavy atom. The van der Waals surface area contributed by atoms with Crippen molar-refractivity contribution in [3.05, 3.63) is 22.4 Å². The summed E-state index contributed by atoms with van der Waals surface area (Å²) in [7, 11) is 0. The standard InChI is InChI=1S/C18H27NO2S/c1-12(11-14(20)15-5-4-10-22-15)19-16-13-6-9-21-17(13)18(16)7-2-3-8-18/h4-5,10,12-14,16-17,19-20H,2-3,6-9,11H2,1H3. The van der Waals surface area contributed by atoms with Crippen molar-refractivity contribution in [1.29, 1.82) is 0 Å². The van der Waals surface area contributed by atoms with E-state index < -0.39 is 0 Å². The Kier molecular flexibility index (Phi) is 4.05. The number of rotatable bonds is 5. The van der Waals surface area contributed by atoms with Crippen LogP contribution in [0.4, 0.5) is 0 Å². The molecule has 3 fully saturated rings. The third kappa shape index (κ3) is 2.35. The first-order valence-corrected chi connectivity index (χ1v) is 9.68. The maximum atomic E-state index is 10.4. The molecule has 2 heterocycles. The third-order valence-corrected chi connectivity index (χ3v) is 7.17. The van der Waals surface area contributed by atoms with Gasteiger partial charge in [0.15, 0.2) is 0 Å². The van der Waals surface area contributed by atoms with Crippen LogP contribution in [0.3, 0.4) is 0 Å². The molecule has 4 rings (SSSR count). The fourth-order valence-electron chi connectivity index (χ4n) is 5.25. The fourth-order valence-corrected chi connectivity index (χ4v) is 5.97. The molecule has 4 heteroatoms. The van der Waals surface area contributed by atoms with E-state index in [9.17, 15) is 5.11 Å². The molecule has 1 spiro atoms. The number of fused-ring (bicyclic) bond motifs is 2. The maximum absolute atomic E-state index is 10.4. The van der Waals surface area contributed by atoms with E-state index in [-0.39, 0.29) is 6.10 Å². The lowest BCUT2D eigenvalue weighted by Gasteiger charge is -2.58. The highest BCUT2D eigenvalue weighted by Gasteiger charge is 2.64. The van der Waals surface area contributed by atoms with E-state index in [0.717, 1.165) is 17.9 Å². The number of hydrogen-bond donors (Lipinski definition) is 2. The van der Waals surface area contributed by atoms with Gasteiger partial charge in [0.2, 0.25) is 0 Å². The number of aliphatic hydroxyl groups is 1. The van der Waals surface area contributed by atoms with Gasteiger partial charge in [0.25, 0.3) is 0 Å². The van der Waals surface area contributed by atoms with E-state index in [2.05, 4.69) is 12.2 Å². The minimum absolute atomic E-state index is 0.335. The van der Waals surface area contributed by atoms with Gasteiger partial charge in [-0.1, -0.05) is 18.9 Å². The largest absolute Gasteiger partial charge is 0.388 e. The van der Waals surface area contributed by atoms with Crippen molar-refractivity contribution in [3.8, 4) is 0 Å². The number of thiophene rings is 1. The Labute approximate surface area is 137 Å². The lowest BCUT2D eigenvalue weighted by Crippen LogP contribution is -2.68. The van der Waals surface area contributed by atoms with Crippen LogP contribution in [0.15, 0.2) is 17.5 Å². The van der Waals surface area contributed by atoms with Gasteiger partial charge in [0.1, 0.15) is 0 Å². The molecule has 2 aliphatic carbocycles. The molecule has 0 bridgehead atoms. The predicted octanol–water partition coefficient (Wildman–Crippen LogP) is 3.50. The molecule has 5 atom stereocenters. The van der Waals surface area contributed by atoms with Gasteiger partial charge in [-0.2, -0.15) is 0 Å². The van der Waals surface area contributed by atoms with Crippen molar-refractivity contribution in [3.63, 3.8) is 0 Å². The topological polar surface area (TPSA) is 41.5 Å². The summed E-state index contributed by atoms with van der Waals surface area (Å²) < 4.78 is 6.05. The van der Waals surface area contributed by atoms with Crippen LogP contribution < -0.4 is 5.32 Å². The average Bonchev–Trinajstić information content (AvgIpc) is 3.23. The van der Waals surface area contributed by atoms with Crippen molar-refractivity contribution in [2.24, 2.45) is 11.3 Å². The third-order valence-electron chi connectivity index (χ3n) is 6.20. The SMILES string of the molecule is CC(CC(O)c1cccs1)NC1C2CCOC2C12CCCC2. The molecule has 3 nitrogen and oxygen atoms in total. The van der Waals surface area contributed by atoms with Gasteiger partial charge in [-0.05, 0) is 44.1 Å². The van der Waals surface area contributed by atoms with Crippen molar-refractivity contribution in [2.45, 2.75) is 69.7 Å². The Balaban J connectivity index is 1.39. The molecule has 0 radical (unpaired) electrons. The van der Waals surface area contributed by atoms with Crippen LogP contribution in [0.1, 0.15) is 56.4 Å². The molecule has 2 N–H and O–H groups in total. The van der Waals surface area contributed by atoms with Crippen molar-refractivity contribution < 1.29 is 9.84 Å². The highest BCUT2D eigenvalue weighted by atomic mass is 32.1. The average molecular weight is 321 g/mol. The van der Waals surface area contributed by atoms with E-state index >= 15 is 0 Å². The summed E-state index contributed by atoms with van der Waals surface area (Å²) in [6.45, 7) is 3.17. The van der Waals surface area contributed by atoms with E-state index in [0.29, 0.717) is 29.5 Å². The summed E-state index contributed by atoms with van der Waals surface area (Å²) in [5.74, 6) is 0.708. The summed E-state index contributed by atoms with van der Waals surface area (Å²) in [6, 6.07) is 5.00. The Hall–Kier alpha value is -0.420. The van der Waals surface area contributed by atoms with E-state index in [1.165, 1.54) is 32.1 Å². The number of nitrogens with one attached hydrogen (secondary N) is 1. The quantitative estimate of drug-likeness (QED) is 0.872. The van der Waals surface area contributed by atoms with Gasteiger partial charge < -0.3 is 15.2 Å². The molecule has 22 heavy (non-hydrogen) atoms. The van der Waals surface area contributed by atoms with Crippen LogP contribution in [0.5, 0.6) is 0 Å². The number of ether oxygens (including phenoxy) is 1. The smallest absolute Gasteiger partial charge is 0.0896 e. The van der Waals surface area contributed by atoms with Gasteiger partial charge in [-0.15, -0.1) is 11.3 Å². The molecule has 1 aromatic heterocycles. The molecule has 122 valence electrons. The first-order chi connectivity index (χ1) is 10.7. The Bertz CT molecular complexity index is 497. The Morgan fingerprint density at radius 2 is 2.27 bits per heavy atom. The number of aliphatic hydroxyl groups excluding tert-OH is 1. The second kappa shape index (κ2) is 5.90. The second-order valence-electron chi connectivity index (χ2n) is 7.50. The molecular weight excluding hydrogens is 294 g/mol. The minimum atomic E-state index is -0.335.